The van der Waals surface area contributed by atoms with Crippen molar-refractivity contribution >= 4 is 35.0 Å². The van der Waals surface area contributed by atoms with Crippen molar-refractivity contribution in [2.45, 2.75) is 19.8 Å². The van der Waals surface area contributed by atoms with E-state index in [1.165, 1.54) is 6.08 Å². The van der Waals surface area contributed by atoms with Crippen molar-refractivity contribution in [2.75, 3.05) is 0 Å². The molecule has 1 unspecified atom stereocenters. The van der Waals surface area contributed by atoms with Gasteiger partial charge in [0.25, 0.3) is 5.91 Å². The molecule has 5 heteroatoms. The largest absolute Gasteiger partial charge is 0.462 e. The Hall–Kier alpha value is -2.53. The number of rotatable bonds is 2. The van der Waals surface area contributed by atoms with E-state index in [1.807, 2.05) is 31.2 Å². The number of Topliss-reactive ketones (excluding diaryl/α,β-unsaturated/α-hetero) is 1. The van der Waals surface area contributed by atoms with Crippen molar-refractivity contribution in [1.29, 1.82) is 0 Å². The lowest BCUT2D eigenvalue weighted by Crippen LogP contribution is -2.45. The van der Waals surface area contributed by atoms with Gasteiger partial charge in [0, 0.05) is 0 Å². The monoisotopic (exact) mass is 325 g/mol. The van der Waals surface area contributed by atoms with E-state index in [2.05, 4.69) is 5.32 Å². The molecular formula is C18H15NO3S. The van der Waals surface area contributed by atoms with E-state index < -0.39 is 11.8 Å². The lowest BCUT2D eigenvalue weighted by atomic mass is 9.86. The van der Waals surface area contributed by atoms with E-state index in [9.17, 15) is 9.59 Å². The summed E-state index contributed by atoms with van der Waals surface area (Å²) in [5.74, 6) is -0.260. The van der Waals surface area contributed by atoms with Gasteiger partial charge in [0.05, 0.1) is 16.5 Å². The Bertz CT molecular complexity index is 847. The summed E-state index contributed by atoms with van der Waals surface area (Å²) in [5.41, 5.74) is 1.86. The molecule has 1 aromatic heterocycles. The molecule has 2 aromatic rings. The van der Waals surface area contributed by atoms with Crippen LogP contribution in [0.15, 0.2) is 46.4 Å². The molecular weight excluding hydrogens is 310 g/mol. The number of carbonyl (C=O) groups excluding carboxylic acids is 2. The van der Waals surface area contributed by atoms with Crippen LogP contribution < -0.4 is 5.32 Å². The molecule has 0 saturated carbocycles. The molecule has 23 heavy (non-hydrogen) atoms. The molecule has 116 valence electrons. The maximum Gasteiger partial charge on any atom is 0.259 e. The first kappa shape index (κ1) is 15.4. The Labute approximate surface area is 139 Å². The average molecular weight is 325 g/mol. The molecule has 1 aromatic carbocycles. The lowest BCUT2D eigenvalue weighted by molar-refractivity contribution is -0.122. The van der Waals surface area contributed by atoms with Gasteiger partial charge in [-0.1, -0.05) is 42.0 Å². The summed E-state index contributed by atoms with van der Waals surface area (Å²) in [4.78, 5) is 25.2. The first-order chi connectivity index (χ1) is 11.0. The molecule has 0 radical (unpaired) electrons. The van der Waals surface area contributed by atoms with Crippen molar-refractivity contribution in [3.63, 3.8) is 0 Å². The molecule has 4 nitrogen and oxygen atoms in total. The minimum atomic E-state index is -0.648. The Morgan fingerprint density at radius 3 is 2.61 bits per heavy atom. The van der Waals surface area contributed by atoms with E-state index in [4.69, 9.17) is 16.6 Å². The number of piperidine rings is 1. The van der Waals surface area contributed by atoms with Crippen molar-refractivity contribution in [2.24, 2.45) is 0 Å². The van der Waals surface area contributed by atoms with Crippen LogP contribution in [0.4, 0.5) is 0 Å². The molecule has 0 bridgehead atoms. The molecule has 1 amide bonds. The third kappa shape index (κ3) is 3.00. The number of hydrogen-bond acceptors (Lipinski definition) is 4. The van der Waals surface area contributed by atoms with Crippen LogP contribution in [0.1, 0.15) is 28.6 Å². The zero-order chi connectivity index (χ0) is 16.6. The number of carbonyl (C=O) groups is 2. The van der Waals surface area contributed by atoms with Crippen LogP contribution in [0.5, 0.6) is 0 Å². The summed E-state index contributed by atoms with van der Waals surface area (Å²) >= 11 is 5.22. The predicted molar refractivity (Wildman–Crippen MR) is 91.1 cm³/mol. The van der Waals surface area contributed by atoms with Gasteiger partial charge in [-0.25, -0.2) is 0 Å². The van der Waals surface area contributed by atoms with Crippen LogP contribution in [0.25, 0.3) is 6.08 Å². The van der Waals surface area contributed by atoms with Crippen molar-refractivity contribution in [3.8, 4) is 0 Å². The van der Waals surface area contributed by atoms with Gasteiger partial charge < -0.3 is 9.73 Å². The zero-order valence-electron chi connectivity index (χ0n) is 12.8. The summed E-state index contributed by atoms with van der Waals surface area (Å²) in [5, 5.41) is 2.62. The number of nitrogens with one attached hydrogen (secondary N) is 1. The second kappa shape index (κ2) is 5.93. The van der Waals surface area contributed by atoms with Gasteiger partial charge in [-0.15, -0.1) is 0 Å². The Kier molecular flexibility index (Phi) is 3.96. The lowest BCUT2D eigenvalue weighted by Gasteiger charge is -2.24. The maximum atomic E-state index is 12.8. The van der Waals surface area contributed by atoms with E-state index in [0.717, 1.165) is 11.1 Å². The van der Waals surface area contributed by atoms with E-state index >= 15 is 0 Å². The number of ketones is 1. The highest BCUT2D eigenvalue weighted by Crippen LogP contribution is 2.27. The Morgan fingerprint density at radius 1 is 1.17 bits per heavy atom. The molecule has 1 saturated heterocycles. The first-order valence-corrected chi connectivity index (χ1v) is 7.60. The quantitative estimate of drug-likeness (QED) is 0.524. The van der Waals surface area contributed by atoms with E-state index in [1.54, 1.807) is 19.1 Å². The second-order valence-electron chi connectivity index (χ2n) is 5.54. The summed E-state index contributed by atoms with van der Waals surface area (Å²) < 4.78 is 5.43. The van der Waals surface area contributed by atoms with Crippen LogP contribution in [-0.2, 0) is 9.59 Å². The van der Waals surface area contributed by atoms with Gasteiger partial charge in [-0.2, -0.15) is 0 Å². The van der Waals surface area contributed by atoms with Gasteiger partial charge in [0.15, 0.2) is 5.78 Å². The summed E-state index contributed by atoms with van der Waals surface area (Å²) in [6.45, 7) is 3.75. The highest BCUT2D eigenvalue weighted by atomic mass is 32.1. The van der Waals surface area contributed by atoms with E-state index in [0.29, 0.717) is 11.5 Å². The van der Waals surface area contributed by atoms with Gasteiger partial charge in [0.1, 0.15) is 11.5 Å². The number of aryl methyl sites for hydroxylation is 2. The minimum absolute atomic E-state index is 0.0551. The molecule has 1 aliphatic rings. The Balaban J connectivity index is 2.02. The molecule has 3 rings (SSSR count). The molecule has 1 aliphatic heterocycles. The van der Waals surface area contributed by atoms with Gasteiger partial charge >= 0.3 is 0 Å². The minimum Gasteiger partial charge on any atom is -0.462 e. The van der Waals surface area contributed by atoms with Crippen molar-refractivity contribution in [1.82, 2.24) is 5.32 Å². The fraction of sp³-hybridized carbons (Fsp3) is 0.167. The van der Waals surface area contributed by atoms with Gasteiger partial charge in [0.2, 0.25) is 0 Å². The number of benzene rings is 1. The summed E-state index contributed by atoms with van der Waals surface area (Å²) in [6.07, 6.45) is 1.47. The van der Waals surface area contributed by atoms with Crippen LogP contribution in [-0.4, -0.2) is 16.7 Å². The molecule has 0 aliphatic carbocycles. The number of thiocarbonyl (C=S) groups is 1. The highest BCUT2D eigenvalue weighted by Gasteiger charge is 2.37. The molecule has 1 fully saturated rings. The number of hydrogen-bond donors (Lipinski definition) is 1. The maximum absolute atomic E-state index is 12.8. The van der Waals surface area contributed by atoms with Crippen LogP contribution in [0.2, 0.25) is 0 Å². The van der Waals surface area contributed by atoms with Crippen LogP contribution >= 0.6 is 12.2 Å². The molecule has 1 N–H and O–H groups in total. The number of furan rings is 1. The Morgan fingerprint density at radius 2 is 1.96 bits per heavy atom. The van der Waals surface area contributed by atoms with Gasteiger partial charge in [-0.05, 0) is 37.6 Å². The standard InChI is InChI=1S/C18H15NO3S/c1-10-4-3-5-12(8-10)15-16(20)14(17(21)19-18(15)23)9-13-7-6-11(2)22-13/h3-9,15H,1-2H3,(H,19,21,23). The fourth-order valence-electron chi connectivity index (χ4n) is 2.60. The third-order valence-electron chi connectivity index (χ3n) is 3.69. The van der Waals surface area contributed by atoms with Gasteiger partial charge in [-0.3, -0.25) is 9.59 Å². The number of amides is 1. The smallest absolute Gasteiger partial charge is 0.259 e. The van der Waals surface area contributed by atoms with Crippen LogP contribution in [0.3, 0.4) is 0 Å². The SMILES string of the molecule is Cc1cccc(C2C(=O)C(=Cc3ccc(C)o3)C(=O)NC2=S)c1. The first-order valence-electron chi connectivity index (χ1n) is 7.20. The topological polar surface area (TPSA) is 59.3 Å². The van der Waals surface area contributed by atoms with E-state index in [-0.39, 0.29) is 16.3 Å². The van der Waals surface area contributed by atoms with Crippen LogP contribution in [0, 0.1) is 13.8 Å². The normalized spacial score (nSPS) is 20.0. The zero-order valence-corrected chi connectivity index (χ0v) is 13.6. The highest BCUT2D eigenvalue weighted by molar-refractivity contribution is 7.80. The van der Waals surface area contributed by atoms with Crippen molar-refractivity contribution in [3.05, 3.63) is 64.6 Å². The molecule has 0 spiro atoms. The fourth-order valence-corrected chi connectivity index (χ4v) is 2.94. The summed E-state index contributed by atoms with van der Waals surface area (Å²) in [6, 6.07) is 11.1. The third-order valence-corrected chi connectivity index (χ3v) is 4.03. The average Bonchev–Trinajstić information content (AvgIpc) is 2.89. The summed E-state index contributed by atoms with van der Waals surface area (Å²) in [7, 11) is 0. The molecule has 2 heterocycles. The van der Waals surface area contributed by atoms with Crippen molar-refractivity contribution < 1.29 is 14.0 Å². The second-order valence-corrected chi connectivity index (χ2v) is 5.98. The molecule has 1 atom stereocenters. The predicted octanol–water partition coefficient (Wildman–Crippen LogP) is 3.09.